The largest absolute Gasteiger partial charge is 0.481 e. The van der Waals surface area contributed by atoms with E-state index in [1.165, 1.54) is 0 Å². The zero-order valence-electron chi connectivity index (χ0n) is 15.6. The summed E-state index contributed by atoms with van der Waals surface area (Å²) in [5, 5.41) is 22.8. The molecule has 1 heterocycles. The second kappa shape index (κ2) is 10.9. The lowest BCUT2D eigenvalue weighted by Crippen LogP contribution is -2.56. The standard InChI is InChI=1S/C16H25N5O8/c17-7-12(23)19-8(3-4-11(18)22)14(26)20-9(6-13(24)25)15(27)21-5-1-2-10(21)16(28)29/h8-10H,1-7,17H2,(H2,18,22)(H,19,23)(H,20,26)(H,24,25)(H,28,29). The predicted octanol–water partition coefficient (Wildman–Crippen LogP) is -3.27. The Kier molecular flexibility index (Phi) is 8.99. The van der Waals surface area contributed by atoms with Gasteiger partial charge in [-0.3, -0.25) is 24.0 Å². The summed E-state index contributed by atoms with van der Waals surface area (Å²) >= 11 is 0. The Labute approximate surface area is 165 Å². The molecular formula is C16H25N5O8. The predicted molar refractivity (Wildman–Crippen MR) is 96.0 cm³/mol. The Bertz CT molecular complexity index is 682. The van der Waals surface area contributed by atoms with Crippen molar-refractivity contribution in [1.29, 1.82) is 0 Å². The fourth-order valence-corrected chi connectivity index (χ4v) is 2.94. The van der Waals surface area contributed by atoms with E-state index in [0.717, 1.165) is 4.90 Å². The maximum Gasteiger partial charge on any atom is 0.326 e. The Balaban J connectivity index is 2.97. The molecule has 0 aromatic rings. The summed E-state index contributed by atoms with van der Waals surface area (Å²) < 4.78 is 0. The molecule has 0 saturated carbocycles. The van der Waals surface area contributed by atoms with Gasteiger partial charge in [0.15, 0.2) is 0 Å². The van der Waals surface area contributed by atoms with Crippen LogP contribution in [0.25, 0.3) is 0 Å². The number of primary amides is 1. The molecule has 4 amide bonds. The van der Waals surface area contributed by atoms with E-state index in [1.807, 2.05) is 0 Å². The number of aliphatic carboxylic acids is 2. The summed E-state index contributed by atoms with van der Waals surface area (Å²) in [6.07, 6.45) is -0.607. The van der Waals surface area contributed by atoms with E-state index in [1.54, 1.807) is 0 Å². The maximum atomic E-state index is 12.7. The van der Waals surface area contributed by atoms with E-state index in [4.69, 9.17) is 16.6 Å². The second-order valence-electron chi connectivity index (χ2n) is 6.52. The van der Waals surface area contributed by atoms with Crippen LogP contribution in [0, 0.1) is 0 Å². The number of hydrogen-bond acceptors (Lipinski definition) is 7. The van der Waals surface area contributed by atoms with Crippen LogP contribution >= 0.6 is 0 Å². The molecule has 1 rings (SSSR count). The number of nitrogens with zero attached hydrogens (tertiary/aromatic N) is 1. The van der Waals surface area contributed by atoms with E-state index in [9.17, 15) is 33.9 Å². The van der Waals surface area contributed by atoms with Crippen molar-refractivity contribution in [1.82, 2.24) is 15.5 Å². The highest BCUT2D eigenvalue weighted by atomic mass is 16.4. The van der Waals surface area contributed by atoms with Gasteiger partial charge in [0.2, 0.25) is 23.6 Å². The van der Waals surface area contributed by atoms with Gasteiger partial charge in [-0.1, -0.05) is 0 Å². The lowest BCUT2D eigenvalue weighted by Gasteiger charge is -2.28. The van der Waals surface area contributed by atoms with Gasteiger partial charge in [0.1, 0.15) is 18.1 Å². The molecule has 0 aromatic heterocycles. The summed E-state index contributed by atoms with van der Waals surface area (Å²) in [6, 6.07) is -3.94. The van der Waals surface area contributed by atoms with Crippen molar-refractivity contribution >= 4 is 35.6 Å². The van der Waals surface area contributed by atoms with Crippen LogP contribution in [-0.2, 0) is 28.8 Å². The maximum absolute atomic E-state index is 12.7. The molecule has 1 aliphatic rings. The zero-order chi connectivity index (χ0) is 22.1. The van der Waals surface area contributed by atoms with Crippen LogP contribution in [0.3, 0.4) is 0 Å². The van der Waals surface area contributed by atoms with Crippen molar-refractivity contribution in [3.8, 4) is 0 Å². The van der Waals surface area contributed by atoms with Gasteiger partial charge in [-0.25, -0.2) is 4.79 Å². The zero-order valence-corrected chi connectivity index (χ0v) is 15.6. The number of rotatable bonds is 11. The highest BCUT2D eigenvalue weighted by molar-refractivity contribution is 5.95. The Morgan fingerprint density at radius 1 is 1.07 bits per heavy atom. The van der Waals surface area contributed by atoms with Gasteiger partial charge in [0.05, 0.1) is 13.0 Å². The van der Waals surface area contributed by atoms with E-state index < -0.39 is 66.7 Å². The van der Waals surface area contributed by atoms with E-state index in [-0.39, 0.29) is 25.8 Å². The summed E-state index contributed by atoms with van der Waals surface area (Å²) in [5.41, 5.74) is 10.2. The third-order valence-electron chi connectivity index (χ3n) is 4.33. The van der Waals surface area contributed by atoms with Crippen LogP contribution in [0.1, 0.15) is 32.1 Å². The third-order valence-corrected chi connectivity index (χ3v) is 4.33. The molecule has 162 valence electrons. The molecule has 1 fully saturated rings. The monoisotopic (exact) mass is 415 g/mol. The molecule has 3 atom stereocenters. The van der Waals surface area contributed by atoms with E-state index >= 15 is 0 Å². The average Bonchev–Trinajstić information content (AvgIpc) is 3.13. The molecule has 0 radical (unpaired) electrons. The molecule has 1 saturated heterocycles. The molecule has 0 aliphatic carbocycles. The Morgan fingerprint density at radius 3 is 2.24 bits per heavy atom. The van der Waals surface area contributed by atoms with Crippen LogP contribution in [0.15, 0.2) is 0 Å². The van der Waals surface area contributed by atoms with E-state index in [2.05, 4.69) is 10.6 Å². The van der Waals surface area contributed by atoms with Crippen molar-refractivity contribution in [2.24, 2.45) is 11.5 Å². The van der Waals surface area contributed by atoms with Crippen LogP contribution in [0.2, 0.25) is 0 Å². The highest BCUT2D eigenvalue weighted by Crippen LogP contribution is 2.19. The Morgan fingerprint density at radius 2 is 1.72 bits per heavy atom. The third kappa shape index (κ3) is 7.37. The normalized spacial score (nSPS) is 17.8. The highest BCUT2D eigenvalue weighted by Gasteiger charge is 2.39. The lowest BCUT2D eigenvalue weighted by atomic mass is 10.1. The number of likely N-dealkylation sites (tertiary alicyclic amines) is 1. The molecule has 0 spiro atoms. The van der Waals surface area contributed by atoms with Gasteiger partial charge in [-0.2, -0.15) is 0 Å². The topological polar surface area (TPSA) is 222 Å². The summed E-state index contributed by atoms with van der Waals surface area (Å²) in [6.45, 7) is -0.331. The van der Waals surface area contributed by atoms with Crippen molar-refractivity contribution < 1.29 is 39.0 Å². The van der Waals surface area contributed by atoms with Gasteiger partial charge in [0.25, 0.3) is 0 Å². The number of carbonyl (C=O) groups excluding carboxylic acids is 4. The van der Waals surface area contributed by atoms with E-state index in [0.29, 0.717) is 6.42 Å². The molecule has 1 aliphatic heterocycles. The summed E-state index contributed by atoms with van der Waals surface area (Å²) in [7, 11) is 0. The van der Waals surface area contributed by atoms with Crippen molar-refractivity contribution in [2.45, 2.75) is 50.2 Å². The molecule has 0 bridgehead atoms. The van der Waals surface area contributed by atoms with Crippen LogP contribution < -0.4 is 22.1 Å². The molecule has 13 nitrogen and oxygen atoms in total. The fourth-order valence-electron chi connectivity index (χ4n) is 2.94. The molecule has 0 aromatic carbocycles. The first kappa shape index (κ1) is 23.8. The van der Waals surface area contributed by atoms with Crippen LogP contribution in [0.4, 0.5) is 0 Å². The molecule has 29 heavy (non-hydrogen) atoms. The fraction of sp³-hybridized carbons (Fsp3) is 0.625. The second-order valence-corrected chi connectivity index (χ2v) is 6.52. The minimum absolute atomic E-state index is 0.108. The van der Waals surface area contributed by atoms with Gasteiger partial charge >= 0.3 is 11.9 Å². The Hall–Kier alpha value is -3.22. The average molecular weight is 415 g/mol. The van der Waals surface area contributed by atoms with Crippen molar-refractivity contribution in [3.05, 3.63) is 0 Å². The molecule has 8 N–H and O–H groups in total. The number of nitrogens with one attached hydrogen (secondary N) is 2. The van der Waals surface area contributed by atoms with Crippen LogP contribution in [-0.4, -0.2) is 81.9 Å². The van der Waals surface area contributed by atoms with Gasteiger partial charge in [-0.15, -0.1) is 0 Å². The number of carbonyl (C=O) groups is 6. The van der Waals surface area contributed by atoms with Gasteiger partial charge in [-0.05, 0) is 19.3 Å². The quantitative estimate of drug-likeness (QED) is 0.199. The minimum Gasteiger partial charge on any atom is -0.481 e. The summed E-state index contributed by atoms with van der Waals surface area (Å²) in [5.74, 6) is -5.84. The number of amides is 4. The SMILES string of the molecule is NCC(=O)NC(CCC(N)=O)C(=O)NC(CC(=O)O)C(=O)N1CCCC1C(=O)O. The minimum atomic E-state index is -1.55. The number of hydrogen-bond donors (Lipinski definition) is 6. The van der Waals surface area contributed by atoms with Crippen molar-refractivity contribution in [3.63, 3.8) is 0 Å². The smallest absolute Gasteiger partial charge is 0.326 e. The molecule has 13 heteroatoms. The number of carboxylic acid groups (broad SMARTS) is 2. The van der Waals surface area contributed by atoms with Crippen LogP contribution in [0.5, 0.6) is 0 Å². The molecule has 3 unspecified atom stereocenters. The summed E-state index contributed by atoms with van der Waals surface area (Å²) in [4.78, 5) is 71.2. The molecular weight excluding hydrogens is 390 g/mol. The van der Waals surface area contributed by atoms with Gasteiger partial charge in [0, 0.05) is 13.0 Å². The number of carboxylic acids is 2. The first-order chi connectivity index (χ1) is 13.6. The first-order valence-corrected chi connectivity index (χ1v) is 8.90. The van der Waals surface area contributed by atoms with Crippen molar-refractivity contribution in [2.75, 3.05) is 13.1 Å². The first-order valence-electron chi connectivity index (χ1n) is 8.90. The van der Waals surface area contributed by atoms with Gasteiger partial charge < -0.3 is 37.2 Å². The lowest BCUT2D eigenvalue weighted by molar-refractivity contribution is -0.150. The number of nitrogens with two attached hydrogens (primary N) is 2.